The Balaban J connectivity index is 1.69. The van der Waals surface area contributed by atoms with Gasteiger partial charge in [0.1, 0.15) is 17.1 Å². The Morgan fingerprint density at radius 3 is 2.50 bits per heavy atom. The largest absolute Gasteiger partial charge is 0.507 e. The number of aromatic nitrogens is 2. The number of aromatic hydroxyl groups is 1. The van der Waals surface area contributed by atoms with Gasteiger partial charge in [-0.15, -0.1) is 0 Å². The predicted octanol–water partition coefficient (Wildman–Crippen LogP) is 3.53. The lowest BCUT2D eigenvalue weighted by atomic mass is 9.95. The Bertz CT molecular complexity index is 1190. The van der Waals surface area contributed by atoms with Crippen LogP contribution in [0, 0.1) is 0 Å². The predicted molar refractivity (Wildman–Crippen MR) is 124 cm³/mol. The van der Waals surface area contributed by atoms with E-state index in [-0.39, 0.29) is 17.8 Å². The fraction of sp³-hybridized carbons (Fsp3) is 0.360. The summed E-state index contributed by atoms with van der Waals surface area (Å²) in [5.74, 6) is 1.37. The zero-order chi connectivity index (χ0) is 23.8. The van der Waals surface area contributed by atoms with Crippen LogP contribution in [0.1, 0.15) is 40.5 Å². The smallest absolute Gasteiger partial charge is 0.273 e. The van der Waals surface area contributed by atoms with Crippen LogP contribution in [0.25, 0.3) is 11.3 Å². The van der Waals surface area contributed by atoms with Crippen LogP contribution >= 0.6 is 0 Å². The summed E-state index contributed by atoms with van der Waals surface area (Å²) in [5.41, 5.74) is 2.94. The van der Waals surface area contributed by atoms with Crippen LogP contribution in [-0.4, -0.2) is 66.7 Å². The van der Waals surface area contributed by atoms with E-state index in [9.17, 15) is 9.90 Å². The SMILES string of the molecule is COc1cc(C2c3c(-c4ccccc4O)n[nH]c3C(=O)N2CC2CCCO2)cc(OC)c1OC. The molecule has 5 rings (SSSR count). The number of hydrogen-bond donors (Lipinski definition) is 2. The van der Waals surface area contributed by atoms with Crippen LogP contribution < -0.4 is 14.2 Å². The molecule has 0 bridgehead atoms. The summed E-state index contributed by atoms with van der Waals surface area (Å²) in [5, 5.41) is 17.9. The lowest BCUT2D eigenvalue weighted by molar-refractivity contribution is 0.0495. The Morgan fingerprint density at radius 2 is 1.88 bits per heavy atom. The average Bonchev–Trinajstić information content (AvgIpc) is 3.58. The first-order valence-corrected chi connectivity index (χ1v) is 11.2. The molecule has 2 atom stereocenters. The van der Waals surface area contributed by atoms with Gasteiger partial charge in [-0.25, -0.2) is 0 Å². The zero-order valence-electron chi connectivity index (χ0n) is 19.3. The number of benzene rings is 2. The highest BCUT2D eigenvalue weighted by atomic mass is 16.5. The quantitative estimate of drug-likeness (QED) is 0.550. The topological polar surface area (TPSA) is 106 Å². The van der Waals surface area contributed by atoms with Crippen LogP contribution in [-0.2, 0) is 4.74 Å². The fourth-order valence-electron chi connectivity index (χ4n) is 4.88. The number of rotatable bonds is 7. The summed E-state index contributed by atoms with van der Waals surface area (Å²) >= 11 is 0. The second kappa shape index (κ2) is 8.90. The van der Waals surface area contributed by atoms with E-state index in [1.807, 2.05) is 18.2 Å². The van der Waals surface area contributed by atoms with Crippen molar-refractivity contribution in [1.82, 2.24) is 15.1 Å². The molecule has 178 valence electrons. The third kappa shape index (κ3) is 3.52. The molecule has 9 nitrogen and oxygen atoms in total. The Morgan fingerprint density at radius 1 is 1.15 bits per heavy atom. The van der Waals surface area contributed by atoms with E-state index in [4.69, 9.17) is 18.9 Å². The van der Waals surface area contributed by atoms with Crippen molar-refractivity contribution < 1.29 is 28.8 Å². The van der Waals surface area contributed by atoms with Crippen molar-refractivity contribution in [2.24, 2.45) is 0 Å². The van der Waals surface area contributed by atoms with E-state index < -0.39 is 6.04 Å². The summed E-state index contributed by atoms with van der Waals surface area (Å²) in [7, 11) is 4.66. The fourth-order valence-corrected chi connectivity index (χ4v) is 4.88. The van der Waals surface area contributed by atoms with Crippen molar-refractivity contribution in [3.63, 3.8) is 0 Å². The van der Waals surface area contributed by atoms with Gasteiger partial charge in [-0.3, -0.25) is 9.89 Å². The molecule has 1 aromatic heterocycles. The van der Waals surface area contributed by atoms with E-state index in [0.717, 1.165) is 18.4 Å². The first-order chi connectivity index (χ1) is 16.6. The molecule has 2 N–H and O–H groups in total. The molecule has 2 aromatic carbocycles. The first-order valence-electron chi connectivity index (χ1n) is 11.2. The Hall–Kier alpha value is -3.72. The van der Waals surface area contributed by atoms with Crippen molar-refractivity contribution in [3.05, 3.63) is 53.2 Å². The van der Waals surface area contributed by atoms with E-state index in [1.54, 1.807) is 44.4 Å². The number of hydrogen-bond acceptors (Lipinski definition) is 7. The lowest BCUT2D eigenvalue weighted by Crippen LogP contribution is -2.36. The molecule has 1 saturated heterocycles. The third-order valence-electron chi connectivity index (χ3n) is 6.45. The normalized spacial score (nSPS) is 19.4. The van der Waals surface area contributed by atoms with Gasteiger partial charge in [0.25, 0.3) is 5.91 Å². The molecule has 3 heterocycles. The maximum Gasteiger partial charge on any atom is 0.273 e. The van der Waals surface area contributed by atoms with Gasteiger partial charge in [-0.1, -0.05) is 12.1 Å². The number of phenolic OH excluding ortho intramolecular Hbond substituents is 1. The van der Waals surface area contributed by atoms with Crippen LogP contribution in [0.15, 0.2) is 36.4 Å². The summed E-state index contributed by atoms with van der Waals surface area (Å²) < 4.78 is 22.5. The van der Waals surface area contributed by atoms with Gasteiger partial charge in [0.05, 0.1) is 33.5 Å². The minimum Gasteiger partial charge on any atom is -0.507 e. The van der Waals surface area contributed by atoms with Crippen LogP contribution in [0.4, 0.5) is 0 Å². The minimum atomic E-state index is -0.492. The van der Waals surface area contributed by atoms with Crippen molar-refractivity contribution in [1.29, 1.82) is 0 Å². The molecule has 2 unspecified atom stereocenters. The number of amides is 1. The van der Waals surface area contributed by atoms with Gasteiger partial charge in [0, 0.05) is 24.3 Å². The maximum atomic E-state index is 13.6. The molecule has 0 aliphatic carbocycles. The number of ether oxygens (including phenoxy) is 4. The molecule has 1 fully saturated rings. The van der Waals surface area contributed by atoms with Gasteiger partial charge < -0.3 is 29.0 Å². The van der Waals surface area contributed by atoms with Crippen LogP contribution in [0.2, 0.25) is 0 Å². The number of nitrogens with one attached hydrogen (secondary N) is 1. The number of phenols is 1. The van der Waals surface area contributed by atoms with Gasteiger partial charge >= 0.3 is 0 Å². The summed E-state index contributed by atoms with van der Waals surface area (Å²) in [6.07, 6.45) is 1.82. The van der Waals surface area contributed by atoms with Crippen molar-refractivity contribution in [2.45, 2.75) is 25.0 Å². The molecular weight excluding hydrogens is 438 g/mol. The monoisotopic (exact) mass is 465 g/mol. The molecule has 2 aliphatic heterocycles. The van der Waals surface area contributed by atoms with Crippen LogP contribution in [0.3, 0.4) is 0 Å². The maximum absolute atomic E-state index is 13.6. The van der Waals surface area contributed by atoms with Crippen molar-refractivity contribution in [2.75, 3.05) is 34.5 Å². The number of carbonyl (C=O) groups is 1. The molecule has 34 heavy (non-hydrogen) atoms. The van der Waals surface area contributed by atoms with Gasteiger partial charge in [0.15, 0.2) is 11.5 Å². The van der Waals surface area contributed by atoms with Crippen molar-refractivity contribution >= 4 is 5.91 Å². The molecule has 0 radical (unpaired) electrons. The highest BCUT2D eigenvalue weighted by Gasteiger charge is 2.44. The second-order valence-corrected chi connectivity index (χ2v) is 8.33. The number of H-pyrrole nitrogens is 1. The van der Waals surface area contributed by atoms with Gasteiger partial charge in [-0.05, 0) is 42.7 Å². The molecule has 3 aromatic rings. The summed E-state index contributed by atoms with van der Waals surface area (Å²) in [4.78, 5) is 15.4. The van der Waals surface area contributed by atoms with E-state index in [0.29, 0.717) is 52.9 Å². The number of carbonyl (C=O) groups excluding carboxylic acids is 1. The Labute approximate surface area is 197 Å². The molecule has 1 amide bonds. The van der Waals surface area contributed by atoms with Gasteiger partial charge in [-0.2, -0.15) is 5.10 Å². The molecule has 0 spiro atoms. The summed E-state index contributed by atoms with van der Waals surface area (Å²) in [6, 6.07) is 10.2. The number of methoxy groups -OCH3 is 3. The molecule has 9 heteroatoms. The molecular formula is C25H27N3O6. The van der Waals surface area contributed by atoms with E-state index in [1.165, 1.54) is 0 Å². The van der Waals surface area contributed by atoms with Gasteiger partial charge in [0.2, 0.25) is 5.75 Å². The summed E-state index contributed by atoms with van der Waals surface area (Å²) in [6.45, 7) is 1.13. The molecule has 2 aliphatic rings. The Kier molecular flexibility index (Phi) is 5.79. The number of aromatic amines is 1. The first kappa shape index (κ1) is 22.1. The highest BCUT2D eigenvalue weighted by Crippen LogP contribution is 2.48. The second-order valence-electron chi connectivity index (χ2n) is 8.33. The van der Waals surface area contributed by atoms with Crippen molar-refractivity contribution in [3.8, 4) is 34.3 Å². The minimum absolute atomic E-state index is 0.0426. The standard InChI is InChI=1S/C25H27N3O6/c1-31-18-11-14(12-19(32-2)24(18)33-3)23-20-21(16-8-4-5-9-17(16)29)26-27-22(20)25(30)28(23)13-15-7-6-10-34-15/h4-5,8-9,11-12,15,23,29H,6-7,10,13H2,1-3H3,(H,26,27). The van der Waals surface area contributed by atoms with E-state index in [2.05, 4.69) is 10.2 Å². The van der Waals surface area contributed by atoms with Crippen LogP contribution in [0.5, 0.6) is 23.0 Å². The number of para-hydroxylation sites is 1. The highest BCUT2D eigenvalue weighted by molar-refractivity contribution is 6.00. The average molecular weight is 466 g/mol. The number of nitrogens with zero attached hydrogens (tertiary/aromatic N) is 2. The lowest BCUT2D eigenvalue weighted by Gasteiger charge is -2.29. The third-order valence-corrected chi connectivity index (χ3v) is 6.45. The van der Waals surface area contributed by atoms with E-state index >= 15 is 0 Å². The molecule has 0 saturated carbocycles. The number of fused-ring (bicyclic) bond motifs is 1. The zero-order valence-corrected chi connectivity index (χ0v) is 19.3.